The van der Waals surface area contributed by atoms with Gasteiger partial charge in [-0.2, -0.15) is 0 Å². The van der Waals surface area contributed by atoms with Crippen LogP contribution < -0.4 is 56.8 Å². The van der Waals surface area contributed by atoms with Crippen LogP contribution in [-0.4, -0.2) is 130 Å². The fraction of sp³-hybridized carbons (Fsp3) is 0.422. The molecule has 118 heavy (non-hydrogen) atoms. The van der Waals surface area contributed by atoms with E-state index in [0.29, 0.717) is 91.9 Å². The molecule has 4 spiro atoms. The Balaban J connectivity index is 0.000000117. The molecule has 4 saturated carbocycles. The van der Waals surface area contributed by atoms with E-state index in [-0.39, 0.29) is 30.7 Å². The molecule has 8 heterocycles. The lowest BCUT2D eigenvalue weighted by Gasteiger charge is -2.35. The topological polar surface area (TPSA) is 305 Å². The smallest absolute Gasteiger partial charge is 0.254 e. The fourth-order valence-electron chi connectivity index (χ4n) is 19.0. The molecule has 20 rings (SSSR count). The van der Waals surface area contributed by atoms with Crippen molar-refractivity contribution in [2.75, 3.05) is 93.1 Å². The largest absolute Gasteiger partial charge is 0.371 e. The number of sulfonamides is 4. The molecule has 8 aliphatic carbocycles. The van der Waals surface area contributed by atoms with E-state index in [4.69, 9.17) is 18.5 Å². The van der Waals surface area contributed by atoms with Crippen molar-refractivity contribution in [2.45, 2.75) is 142 Å². The summed E-state index contributed by atoms with van der Waals surface area (Å²) >= 11 is 0. The number of hydrogen-bond acceptors (Lipinski definition) is 16. The Morgan fingerprint density at radius 3 is 0.932 bits per heavy atom. The van der Waals surface area contributed by atoms with Crippen LogP contribution in [0.25, 0.3) is 68.8 Å². The molecule has 0 radical (unpaired) electrons. The van der Waals surface area contributed by atoms with Crippen molar-refractivity contribution in [2.24, 2.45) is 60.0 Å². The molecule has 0 unspecified atom stereocenters. The number of allylic oxidation sites excluding steroid dienone is 4. The molecule has 4 aromatic heterocycles. The number of nitrogens with zero attached hydrogens (tertiary/aromatic N) is 9. The van der Waals surface area contributed by atoms with Crippen LogP contribution in [0.5, 0.6) is 0 Å². The van der Waals surface area contributed by atoms with Gasteiger partial charge in [0.2, 0.25) is 40.1 Å². The van der Waals surface area contributed by atoms with Gasteiger partial charge in [-0.25, -0.2) is 53.0 Å². The lowest BCUT2D eigenvalue weighted by atomic mass is 9.92. The fourth-order valence-corrected chi connectivity index (χ4v) is 21.8. The van der Waals surface area contributed by atoms with Crippen LogP contribution in [-0.2, 0) is 93.8 Å². The maximum absolute atomic E-state index is 12.9. The summed E-state index contributed by atoms with van der Waals surface area (Å²) in [5, 5.41) is 10.8. The van der Waals surface area contributed by atoms with Crippen LogP contribution in [0, 0.1) is 21.7 Å². The van der Waals surface area contributed by atoms with Gasteiger partial charge >= 0.3 is 0 Å². The van der Waals surface area contributed by atoms with E-state index >= 15 is 0 Å². The summed E-state index contributed by atoms with van der Waals surface area (Å²) < 4.78 is 155. The highest BCUT2D eigenvalue weighted by molar-refractivity contribution is 7.90. The number of rotatable bonds is 14. The minimum absolute atomic E-state index is 0.00736. The van der Waals surface area contributed by atoms with Crippen LogP contribution >= 0.6 is 0 Å². The quantitative estimate of drug-likeness (QED) is 0.0911. The third-order valence-corrected chi connectivity index (χ3v) is 32.4. The maximum atomic E-state index is 12.9. The zero-order valence-electron chi connectivity index (χ0n) is 73.2. The molecular weight excluding hydrogens is 1570 g/mol. The molecule has 8 fully saturated rings. The van der Waals surface area contributed by atoms with Gasteiger partial charge in [-0.3, -0.25) is 19.2 Å². The summed E-state index contributed by atoms with van der Waals surface area (Å²) in [5.41, 5.74) is 15.8. The summed E-state index contributed by atoms with van der Waals surface area (Å²) in [6, 6.07) is 20.3. The summed E-state index contributed by atoms with van der Waals surface area (Å²) in [6.45, 7) is 2.05. The van der Waals surface area contributed by atoms with Crippen molar-refractivity contribution in [1.82, 2.24) is 27.3 Å². The minimum Gasteiger partial charge on any atom is -0.371 e. The van der Waals surface area contributed by atoms with E-state index in [1.165, 1.54) is 125 Å². The molecule has 24 nitrogen and oxygen atoms in total. The number of piperidine rings is 3. The SMILES string of the molecule is CN(C)S(=O)(=O)c1ccc(N2CCC3(CC2)CC3)c(-c2cn(C)c(=O)c3c2C=CC3)c1.CNS(=O)(=O)c1ccc(N2CCC3(CC2)CC3)c(-c2cn(C)c(=O)c3c2C=CC3)c1.[2H]C([2H])([2H])n1cc(-c2cc(S(N)(=O)=O)ccc2N2CCC3(CC2)CC3)c2c(c1=O)CC=C2.[2H]C([2H])([2H])n1cc(-c2cc(S(N)(=O)=O)ccc2N2CCC3(CC3)C2)c2c(c1=O)CC=C2. The number of aryl methyl sites for hydroxylation is 4. The van der Waals surface area contributed by atoms with Crippen molar-refractivity contribution in [3.63, 3.8) is 0 Å². The molecule has 620 valence electrons. The maximum Gasteiger partial charge on any atom is 0.254 e. The Bertz CT molecular complexity index is 6640. The van der Waals surface area contributed by atoms with Crippen molar-refractivity contribution in [3.05, 3.63) is 208 Å². The van der Waals surface area contributed by atoms with Crippen LogP contribution in [0.3, 0.4) is 0 Å². The van der Waals surface area contributed by atoms with Crippen LogP contribution in [0.15, 0.2) is 161 Å². The highest BCUT2D eigenvalue weighted by Crippen LogP contribution is 2.58. The zero-order valence-corrected chi connectivity index (χ0v) is 70.4. The Morgan fingerprint density at radius 2 is 0.636 bits per heavy atom. The highest BCUT2D eigenvalue weighted by Gasteiger charge is 2.50. The molecule has 12 aliphatic rings. The second-order valence-corrected chi connectivity index (χ2v) is 41.9. The average Bonchev–Trinajstić information content (AvgIpc) is 1.44. The number of nitrogens with two attached hydrogens (primary N) is 2. The predicted octanol–water partition coefficient (Wildman–Crippen LogP) is 11.1. The lowest BCUT2D eigenvalue weighted by molar-refractivity contribution is 0.384. The van der Waals surface area contributed by atoms with Gasteiger partial charge in [0.25, 0.3) is 22.2 Å². The van der Waals surface area contributed by atoms with Gasteiger partial charge in [-0.05, 0) is 246 Å². The van der Waals surface area contributed by atoms with Crippen molar-refractivity contribution >= 4 is 87.1 Å². The molecule has 0 amide bonds. The second-order valence-electron chi connectivity index (χ2n) is 34.8. The van der Waals surface area contributed by atoms with Gasteiger partial charge in [0.1, 0.15) is 0 Å². The minimum atomic E-state index is -3.97. The summed E-state index contributed by atoms with van der Waals surface area (Å²) in [5.74, 6) is 0. The third kappa shape index (κ3) is 15.3. The third-order valence-electron chi connectivity index (χ3n) is 27.3. The first-order valence-corrected chi connectivity index (χ1v) is 46.7. The molecule has 5 N–H and O–H groups in total. The standard InChI is InChI=1S/C24H29N3O3S.C23H27N3O3S.C22H25N3O3S.C21H23N3O3S/c1-25(2)31(29,30)17-7-8-22(27-13-11-24(9-10-24)12-14-27)20(15-17)21-16-26(3)23(28)19-6-4-5-18(19)21;1-24-30(28,29)16-6-7-21(26-12-10-23(8-9-23)11-13-26)19(14-16)20-15-25(2)22(27)18-5-3-4-17(18)20;1-24-14-19(16-3-2-4-17(16)21(24)26)18-13-15(29(23,27)28)5-6-20(18)25-11-9-22(7-8-22)10-12-25;1-23-12-18(15-3-2-4-16(15)20(23)25)17-11-14(28(22,26)27)5-6-19(17)24-10-9-21(13-24)7-8-21/h4-5,7-8,15-16H,6,9-14H2,1-3H3;3-4,6-7,14-15,24H,5,8-13H2,1-2H3;2-3,5-6,13-14H,4,7-12H2,1H3,(H2,23,27,28);2-3,5-6,11-12H,4,7-10,13H2,1H3,(H2,22,26,27)/i;;2*1D3. The zero-order chi connectivity index (χ0) is 88.1. The first kappa shape index (κ1) is 73.6. The Morgan fingerprint density at radius 1 is 0.364 bits per heavy atom. The van der Waals surface area contributed by atoms with Crippen molar-refractivity contribution < 1.29 is 41.9 Å². The van der Waals surface area contributed by atoms with Crippen LogP contribution in [0.2, 0.25) is 0 Å². The Hall–Kier alpha value is -9.52. The number of anilines is 4. The lowest BCUT2D eigenvalue weighted by Crippen LogP contribution is -2.35. The van der Waals surface area contributed by atoms with Gasteiger partial charge in [0, 0.05) is 217 Å². The molecule has 4 saturated heterocycles. The van der Waals surface area contributed by atoms with E-state index < -0.39 is 65.2 Å². The van der Waals surface area contributed by atoms with Gasteiger partial charge in [-0.1, -0.05) is 48.6 Å². The van der Waals surface area contributed by atoms with E-state index in [0.717, 1.165) is 148 Å². The normalized spacial score (nSPS) is 20.4. The number of aromatic nitrogens is 4. The first-order valence-electron chi connectivity index (χ1n) is 43.7. The van der Waals surface area contributed by atoms with Crippen LogP contribution in [0.1, 0.15) is 149 Å². The number of nitrogens with one attached hydrogen (secondary N) is 1. The molecular formula is C90H104N12O12S4. The van der Waals surface area contributed by atoms with E-state index in [9.17, 15) is 52.8 Å². The van der Waals surface area contributed by atoms with E-state index in [1.807, 2.05) is 61.0 Å². The van der Waals surface area contributed by atoms with Crippen molar-refractivity contribution in [3.8, 4) is 44.5 Å². The monoisotopic (exact) mass is 1680 g/mol. The number of benzene rings is 4. The Kier molecular flexibility index (Phi) is 18.7. The van der Waals surface area contributed by atoms with Crippen molar-refractivity contribution in [1.29, 1.82) is 0 Å². The number of hydrogen-bond donors (Lipinski definition) is 3. The first-order chi connectivity index (χ1) is 58.5. The van der Waals surface area contributed by atoms with E-state index in [1.54, 1.807) is 85.9 Å². The number of fused-ring (bicyclic) bond motifs is 4. The summed E-state index contributed by atoms with van der Waals surface area (Å²) in [4.78, 5) is 60.5. The van der Waals surface area contributed by atoms with Gasteiger partial charge < -0.3 is 37.9 Å². The van der Waals surface area contributed by atoms with E-state index in [2.05, 4.69) is 24.3 Å². The van der Waals surface area contributed by atoms with Gasteiger partial charge in [0.05, 0.1) is 19.6 Å². The van der Waals surface area contributed by atoms with Crippen LogP contribution in [0.4, 0.5) is 22.7 Å². The molecule has 0 atom stereocenters. The average molecular weight is 1680 g/mol. The van der Waals surface area contributed by atoms with Gasteiger partial charge in [0.15, 0.2) is 0 Å². The molecule has 4 aliphatic heterocycles. The predicted molar refractivity (Wildman–Crippen MR) is 467 cm³/mol. The molecule has 28 heteroatoms. The van der Waals surface area contributed by atoms with Gasteiger partial charge in [-0.15, -0.1) is 0 Å². The molecule has 8 aromatic rings. The summed E-state index contributed by atoms with van der Waals surface area (Å²) in [7, 11) is -7.01. The molecule has 0 bridgehead atoms. The molecule has 4 aromatic carbocycles. The summed E-state index contributed by atoms with van der Waals surface area (Å²) in [6.07, 6.45) is 41.8. The number of primary sulfonamides is 2. The Labute approximate surface area is 699 Å². The second kappa shape index (κ2) is 30.0. The highest BCUT2D eigenvalue weighted by atomic mass is 32.2. The number of pyridine rings is 4.